The summed E-state index contributed by atoms with van der Waals surface area (Å²) in [5.74, 6) is 0.637. The van der Waals surface area contributed by atoms with Crippen molar-refractivity contribution in [3.63, 3.8) is 0 Å². The van der Waals surface area contributed by atoms with Crippen molar-refractivity contribution in [1.29, 1.82) is 0 Å². The van der Waals surface area contributed by atoms with Crippen LogP contribution in [-0.2, 0) is 13.1 Å². The Bertz CT molecular complexity index is 663. The second kappa shape index (κ2) is 7.03. The van der Waals surface area contributed by atoms with Gasteiger partial charge in [0.05, 0.1) is 16.8 Å². The molecule has 0 radical (unpaired) electrons. The second-order valence-corrected chi connectivity index (χ2v) is 6.45. The van der Waals surface area contributed by atoms with Gasteiger partial charge in [0, 0.05) is 19.0 Å². The molecule has 0 bridgehead atoms. The highest BCUT2D eigenvalue weighted by Crippen LogP contribution is 2.23. The molecule has 1 heterocycles. The summed E-state index contributed by atoms with van der Waals surface area (Å²) < 4.78 is 1.25. The molecule has 0 N–H and O–H groups in total. The van der Waals surface area contributed by atoms with Gasteiger partial charge in [-0.15, -0.1) is 22.9 Å². The standard InChI is InChI=1S/C17H17ClN2S/c18-10-11-20(12-14-6-2-1-3-7-14)13-17-19-15-8-4-5-9-16(15)21-17/h1-9H,10-13H2. The molecule has 0 aliphatic heterocycles. The number of halogens is 1. The molecule has 0 aliphatic carbocycles. The van der Waals surface area contributed by atoms with E-state index in [4.69, 9.17) is 16.6 Å². The largest absolute Gasteiger partial charge is 0.291 e. The maximum Gasteiger partial charge on any atom is 0.108 e. The Hall–Kier alpha value is -1.42. The zero-order valence-corrected chi connectivity index (χ0v) is 13.3. The lowest BCUT2D eigenvalue weighted by molar-refractivity contribution is 0.273. The Balaban J connectivity index is 1.75. The third-order valence-electron chi connectivity index (χ3n) is 3.35. The zero-order chi connectivity index (χ0) is 14.5. The topological polar surface area (TPSA) is 16.1 Å². The molecule has 0 atom stereocenters. The van der Waals surface area contributed by atoms with E-state index in [1.807, 2.05) is 12.1 Å². The summed E-state index contributed by atoms with van der Waals surface area (Å²) in [5.41, 5.74) is 2.40. The van der Waals surface area contributed by atoms with Gasteiger partial charge < -0.3 is 0 Å². The normalized spacial score (nSPS) is 11.3. The molecule has 2 aromatic carbocycles. The number of hydrogen-bond donors (Lipinski definition) is 0. The fourth-order valence-electron chi connectivity index (χ4n) is 2.35. The third kappa shape index (κ3) is 3.82. The fraction of sp³-hybridized carbons (Fsp3) is 0.235. The van der Waals surface area contributed by atoms with Gasteiger partial charge in [-0.3, -0.25) is 4.90 Å². The molecule has 4 heteroatoms. The summed E-state index contributed by atoms with van der Waals surface area (Å²) >= 11 is 7.71. The minimum atomic E-state index is 0.637. The van der Waals surface area contributed by atoms with Crippen LogP contribution in [0.2, 0.25) is 0 Å². The fourth-order valence-corrected chi connectivity index (χ4v) is 3.60. The predicted molar refractivity (Wildman–Crippen MR) is 90.9 cm³/mol. The van der Waals surface area contributed by atoms with E-state index < -0.39 is 0 Å². The molecule has 108 valence electrons. The highest BCUT2D eigenvalue weighted by atomic mass is 35.5. The Morgan fingerprint density at radius 2 is 1.71 bits per heavy atom. The van der Waals surface area contributed by atoms with Crippen LogP contribution in [-0.4, -0.2) is 22.3 Å². The summed E-state index contributed by atoms with van der Waals surface area (Å²) in [5, 5.41) is 1.15. The lowest BCUT2D eigenvalue weighted by Gasteiger charge is -2.19. The van der Waals surface area contributed by atoms with E-state index in [-0.39, 0.29) is 0 Å². The van der Waals surface area contributed by atoms with Gasteiger partial charge in [0.25, 0.3) is 0 Å². The maximum atomic E-state index is 5.95. The number of fused-ring (bicyclic) bond motifs is 1. The molecular formula is C17H17ClN2S. The van der Waals surface area contributed by atoms with Crippen molar-refractivity contribution in [2.24, 2.45) is 0 Å². The Morgan fingerprint density at radius 3 is 2.48 bits per heavy atom. The van der Waals surface area contributed by atoms with E-state index >= 15 is 0 Å². The monoisotopic (exact) mass is 316 g/mol. The molecular weight excluding hydrogens is 300 g/mol. The average Bonchev–Trinajstić information content (AvgIpc) is 2.90. The van der Waals surface area contributed by atoms with Crippen LogP contribution in [0.1, 0.15) is 10.6 Å². The number of hydrogen-bond acceptors (Lipinski definition) is 3. The van der Waals surface area contributed by atoms with Crippen molar-refractivity contribution >= 4 is 33.2 Å². The lowest BCUT2D eigenvalue weighted by Crippen LogP contribution is -2.24. The molecule has 0 aliphatic rings. The van der Waals surface area contributed by atoms with E-state index in [2.05, 4.69) is 47.4 Å². The van der Waals surface area contributed by atoms with Crippen LogP contribution in [0.15, 0.2) is 54.6 Å². The SMILES string of the molecule is ClCCN(Cc1ccccc1)Cc1nc2ccccc2s1. The van der Waals surface area contributed by atoms with Crippen molar-refractivity contribution in [2.75, 3.05) is 12.4 Å². The van der Waals surface area contributed by atoms with Gasteiger partial charge in [-0.2, -0.15) is 0 Å². The third-order valence-corrected chi connectivity index (χ3v) is 4.54. The number of benzene rings is 2. The second-order valence-electron chi connectivity index (χ2n) is 4.96. The van der Waals surface area contributed by atoms with E-state index in [0.29, 0.717) is 5.88 Å². The first kappa shape index (κ1) is 14.5. The predicted octanol–water partition coefficient (Wildman–Crippen LogP) is 4.54. The molecule has 21 heavy (non-hydrogen) atoms. The molecule has 0 saturated carbocycles. The summed E-state index contributed by atoms with van der Waals surface area (Å²) in [6, 6.07) is 18.8. The average molecular weight is 317 g/mol. The summed E-state index contributed by atoms with van der Waals surface area (Å²) in [4.78, 5) is 7.06. The molecule has 1 aromatic heterocycles. The van der Waals surface area contributed by atoms with Crippen molar-refractivity contribution in [1.82, 2.24) is 9.88 Å². The molecule has 0 amide bonds. The van der Waals surface area contributed by atoms with Crippen LogP contribution in [0.25, 0.3) is 10.2 Å². The number of alkyl halides is 1. The van der Waals surface area contributed by atoms with Crippen LogP contribution < -0.4 is 0 Å². The van der Waals surface area contributed by atoms with Gasteiger partial charge in [0.15, 0.2) is 0 Å². The van der Waals surface area contributed by atoms with Crippen LogP contribution >= 0.6 is 22.9 Å². The molecule has 0 unspecified atom stereocenters. The van der Waals surface area contributed by atoms with Crippen LogP contribution in [0.5, 0.6) is 0 Å². The van der Waals surface area contributed by atoms with Crippen LogP contribution in [0.3, 0.4) is 0 Å². The number of thiazole rings is 1. The molecule has 0 spiro atoms. The van der Waals surface area contributed by atoms with Gasteiger partial charge >= 0.3 is 0 Å². The maximum absolute atomic E-state index is 5.95. The van der Waals surface area contributed by atoms with Crippen molar-refractivity contribution in [2.45, 2.75) is 13.1 Å². The molecule has 3 rings (SSSR count). The minimum Gasteiger partial charge on any atom is -0.291 e. The summed E-state index contributed by atoms with van der Waals surface area (Å²) in [6.07, 6.45) is 0. The van der Waals surface area contributed by atoms with Gasteiger partial charge in [0.1, 0.15) is 5.01 Å². The van der Waals surface area contributed by atoms with E-state index in [1.165, 1.54) is 10.3 Å². The first-order valence-corrected chi connectivity index (χ1v) is 8.37. The van der Waals surface area contributed by atoms with E-state index in [9.17, 15) is 0 Å². The molecule has 0 saturated heterocycles. The minimum absolute atomic E-state index is 0.637. The number of para-hydroxylation sites is 1. The molecule has 2 nitrogen and oxygen atoms in total. The van der Waals surface area contributed by atoms with Gasteiger partial charge in [0.2, 0.25) is 0 Å². The quantitative estimate of drug-likeness (QED) is 0.621. The highest BCUT2D eigenvalue weighted by molar-refractivity contribution is 7.18. The first-order chi connectivity index (χ1) is 10.3. The van der Waals surface area contributed by atoms with Gasteiger partial charge in [-0.25, -0.2) is 4.98 Å². The van der Waals surface area contributed by atoms with E-state index in [1.54, 1.807) is 11.3 Å². The summed E-state index contributed by atoms with van der Waals surface area (Å²) in [7, 11) is 0. The number of nitrogens with zero attached hydrogens (tertiary/aromatic N) is 2. The van der Waals surface area contributed by atoms with Gasteiger partial charge in [-0.05, 0) is 17.7 Å². The Morgan fingerprint density at radius 1 is 0.952 bits per heavy atom. The highest BCUT2D eigenvalue weighted by Gasteiger charge is 2.10. The summed E-state index contributed by atoms with van der Waals surface area (Å²) in [6.45, 7) is 2.62. The Kier molecular flexibility index (Phi) is 4.86. The lowest BCUT2D eigenvalue weighted by atomic mass is 10.2. The van der Waals surface area contributed by atoms with Crippen molar-refractivity contribution in [3.8, 4) is 0 Å². The Labute approximate surface area is 134 Å². The zero-order valence-electron chi connectivity index (χ0n) is 11.7. The van der Waals surface area contributed by atoms with Crippen molar-refractivity contribution in [3.05, 3.63) is 65.2 Å². The van der Waals surface area contributed by atoms with Crippen LogP contribution in [0, 0.1) is 0 Å². The van der Waals surface area contributed by atoms with Crippen LogP contribution in [0.4, 0.5) is 0 Å². The number of aromatic nitrogens is 1. The first-order valence-electron chi connectivity index (χ1n) is 7.02. The molecule has 3 aromatic rings. The molecule has 0 fully saturated rings. The van der Waals surface area contributed by atoms with Crippen molar-refractivity contribution < 1.29 is 0 Å². The number of rotatable bonds is 6. The smallest absolute Gasteiger partial charge is 0.108 e. The van der Waals surface area contributed by atoms with E-state index in [0.717, 1.165) is 30.2 Å². The van der Waals surface area contributed by atoms with Gasteiger partial charge in [-0.1, -0.05) is 42.5 Å².